The van der Waals surface area contributed by atoms with Gasteiger partial charge in [-0.2, -0.15) is 0 Å². The van der Waals surface area contributed by atoms with Crippen molar-refractivity contribution < 1.29 is 0 Å². The lowest BCUT2D eigenvalue weighted by molar-refractivity contribution is 0.359. The first-order chi connectivity index (χ1) is 9.37. The minimum Gasteiger partial charge on any atom is -0.312 e. The van der Waals surface area contributed by atoms with Crippen LogP contribution in [0.15, 0.2) is 42.5 Å². The van der Waals surface area contributed by atoms with Crippen LogP contribution in [0.4, 0.5) is 0 Å². The average Bonchev–Trinajstić information content (AvgIpc) is 2.42. The first-order valence-corrected chi connectivity index (χ1v) is 7.60. The van der Waals surface area contributed by atoms with Crippen LogP contribution < -0.4 is 5.32 Å². The highest BCUT2D eigenvalue weighted by Crippen LogP contribution is 2.27. The van der Waals surface area contributed by atoms with Gasteiger partial charge in [0.25, 0.3) is 0 Å². The van der Waals surface area contributed by atoms with Crippen LogP contribution in [0, 0.1) is 5.92 Å². The molecule has 1 heteroatoms. The van der Waals surface area contributed by atoms with E-state index in [1.165, 1.54) is 16.3 Å². The summed E-state index contributed by atoms with van der Waals surface area (Å²) >= 11 is 0. The SMILES string of the molecule is CC(CNC(C)(C)C)C(C)c1ccc2ccccc2c1. The van der Waals surface area contributed by atoms with Crippen LogP contribution in [0.5, 0.6) is 0 Å². The molecule has 0 heterocycles. The van der Waals surface area contributed by atoms with Crippen LogP contribution >= 0.6 is 0 Å². The first-order valence-electron chi connectivity index (χ1n) is 7.60. The standard InChI is InChI=1S/C19H27N/c1-14(13-20-19(3,4)5)15(2)17-11-10-16-8-6-7-9-18(16)12-17/h6-12,14-15,20H,13H2,1-5H3. The van der Waals surface area contributed by atoms with Crippen LogP contribution in [-0.2, 0) is 0 Å². The van der Waals surface area contributed by atoms with Crippen LogP contribution in [0.3, 0.4) is 0 Å². The smallest absolute Gasteiger partial charge is 0.00966 e. The van der Waals surface area contributed by atoms with Crippen LogP contribution in [0.25, 0.3) is 10.8 Å². The van der Waals surface area contributed by atoms with Crippen molar-refractivity contribution in [3.8, 4) is 0 Å². The Morgan fingerprint density at radius 3 is 2.25 bits per heavy atom. The molecule has 0 aliphatic heterocycles. The van der Waals surface area contributed by atoms with E-state index < -0.39 is 0 Å². The van der Waals surface area contributed by atoms with Crippen molar-refractivity contribution in [3.05, 3.63) is 48.0 Å². The quantitative estimate of drug-likeness (QED) is 0.826. The van der Waals surface area contributed by atoms with Crippen molar-refractivity contribution in [2.75, 3.05) is 6.54 Å². The second-order valence-corrected chi connectivity index (χ2v) is 7.00. The summed E-state index contributed by atoms with van der Waals surface area (Å²) in [7, 11) is 0. The number of fused-ring (bicyclic) bond motifs is 1. The second-order valence-electron chi connectivity index (χ2n) is 7.00. The van der Waals surface area contributed by atoms with Crippen LogP contribution in [0.2, 0.25) is 0 Å². The van der Waals surface area contributed by atoms with Crippen molar-refractivity contribution >= 4 is 10.8 Å². The Bertz CT molecular complexity index is 565. The molecule has 2 rings (SSSR count). The lowest BCUT2D eigenvalue weighted by atomic mass is 9.87. The summed E-state index contributed by atoms with van der Waals surface area (Å²) in [5.41, 5.74) is 1.63. The van der Waals surface area contributed by atoms with Gasteiger partial charge in [0.2, 0.25) is 0 Å². The topological polar surface area (TPSA) is 12.0 Å². The normalized spacial score (nSPS) is 15.2. The minimum atomic E-state index is 0.192. The van der Waals surface area contributed by atoms with Gasteiger partial charge in [-0.1, -0.05) is 56.3 Å². The van der Waals surface area contributed by atoms with Gasteiger partial charge >= 0.3 is 0 Å². The zero-order chi connectivity index (χ0) is 14.8. The van der Waals surface area contributed by atoms with E-state index in [0.29, 0.717) is 11.8 Å². The molecule has 0 amide bonds. The van der Waals surface area contributed by atoms with Crippen molar-refractivity contribution in [2.24, 2.45) is 5.92 Å². The molecule has 2 aromatic rings. The van der Waals surface area contributed by atoms with Gasteiger partial charge < -0.3 is 5.32 Å². The third-order valence-corrected chi connectivity index (χ3v) is 4.11. The second kappa shape index (κ2) is 5.97. The molecule has 0 radical (unpaired) electrons. The lowest BCUT2D eigenvalue weighted by Gasteiger charge is -2.27. The molecule has 2 aromatic carbocycles. The van der Waals surface area contributed by atoms with Gasteiger partial charge in [-0.15, -0.1) is 0 Å². The molecule has 2 unspecified atom stereocenters. The van der Waals surface area contributed by atoms with E-state index in [0.717, 1.165) is 6.54 Å². The van der Waals surface area contributed by atoms with Crippen molar-refractivity contribution in [3.63, 3.8) is 0 Å². The predicted octanol–water partition coefficient (Wildman–Crippen LogP) is 4.97. The predicted molar refractivity (Wildman–Crippen MR) is 89.3 cm³/mol. The molecule has 0 aromatic heterocycles. The zero-order valence-corrected chi connectivity index (χ0v) is 13.4. The summed E-state index contributed by atoms with van der Waals surface area (Å²) in [5.74, 6) is 1.19. The summed E-state index contributed by atoms with van der Waals surface area (Å²) in [6.45, 7) is 12.4. The van der Waals surface area contributed by atoms with Gasteiger partial charge in [-0.3, -0.25) is 0 Å². The average molecular weight is 269 g/mol. The number of hydrogen-bond donors (Lipinski definition) is 1. The summed E-state index contributed by atoms with van der Waals surface area (Å²) in [4.78, 5) is 0. The van der Waals surface area contributed by atoms with E-state index >= 15 is 0 Å². The fourth-order valence-electron chi connectivity index (χ4n) is 2.46. The van der Waals surface area contributed by atoms with Crippen LogP contribution in [-0.4, -0.2) is 12.1 Å². The summed E-state index contributed by atoms with van der Waals surface area (Å²) < 4.78 is 0. The number of rotatable bonds is 4. The highest BCUT2D eigenvalue weighted by atomic mass is 14.9. The highest BCUT2D eigenvalue weighted by Gasteiger charge is 2.17. The molecule has 0 aliphatic carbocycles. The molecule has 0 bridgehead atoms. The summed E-state index contributed by atoms with van der Waals surface area (Å²) in [5, 5.41) is 6.27. The largest absolute Gasteiger partial charge is 0.312 e. The lowest BCUT2D eigenvalue weighted by Crippen LogP contribution is -2.39. The Hall–Kier alpha value is -1.34. The maximum absolute atomic E-state index is 3.61. The Morgan fingerprint density at radius 1 is 0.950 bits per heavy atom. The maximum Gasteiger partial charge on any atom is 0.00966 e. The Morgan fingerprint density at radius 2 is 1.60 bits per heavy atom. The number of nitrogens with one attached hydrogen (secondary N) is 1. The van der Waals surface area contributed by atoms with Gasteiger partial charge in [-0.05, 0) is 55.5 Å². The van der Waals surface area contributed by atoms with Crippen LogP contribution in [0.1, 0.15) is 46.1 Å². The van der Waals surface area contributed by atoms with E-state index in [4.69, 9.17) is 0 Å². The molecule has 1 nitrogen and oxygen atoms in total. The highest BCUT2D eigenvalue weighted by molar-refractivity contribution is 5.83. The van der Waals surface area contributed by atoms with Gasteiger partial charge in [-0.25, -0.2) is 0 Å². The maximum atomic E-state index is 3.61. The summed E-state index contributed by atoms with van der Waals surface area (Å²) in [6.07, 6.45) is 0. The monoisotopic (exact) mass is 269 g/mol. The molecule has 0 saturated carbocycles. The Kier molecular flexibility index (Phi) is 4.49. The zero-order valence-electron chi connectivity index (χ0n) is 13.4. The molecule has 1 N–H and O–H groups in total. The molecule has 0 aliphatic rings. The molecule has 0 fully saturated rings. The molecule has 20 heavy (non-hydrogen) atoms. The third-order valence-electron chi connectivity index (χ3n) is 4.11. The van der Waals surface area contributed by atoms with Gasteiger partial charge in [0.1, 0.15) is 0 Å². The fourth-order valence-corrected chi connectivity index (χ4v) is 2.46. The molecular formula is C19H27N. The molecule has 0 saturated heterocycles. The first kappa shape index (κ1) is 15.1. The van der Waals surface area contributed by atoms with E-state index in [1.807, 2.05) is 0 Å². The number of hydrogen-bond acceptors (Lipinski definition) is 1. The minimum absolute atomic E-state index is 0.192. The van der Waals surface area contributed by atoms with Gasteiger partial charge in [0.15, 0.2) is 0 Å². The van der Waals surface area contributed by atoms with Crippen molar-refractivity contribution in [2.45, 2.75) is 46.1 Å². The molecule has 108 valence electrons. The third kappa shape index (κ3) is 3.83. The molecule has 0 spiro atoms. The van der Waals surface area contributed by atoms with Crippen molar-refractivity contribution in [1.82, 2.24) is 5.32 Å². The fraction of sp³-hybridized carbons (Fsp3) is 0.474. The molecule has 2 atom stereocenters. The van der Waals surface area contributed by atoms with E-state index in [2.05, 4.69) is 82.4 Å². The molecular weight excluding hydrogens is 242 g/mol. The van der Waals surface area contributed by atoms with E-state index in [1.54, 1.807) is 0 Å². The van der Waals surface area contributed by atoms with Gasteiger partial charge in [0, 0.05) is 5.54 Å². The van der Waals surface area contributed by atoms with Gasteiger partial charge in [0.05, 0.1) is 0 Å². The number of benzene rings is 2. The Labute approximate surface area is 123 Å². The van der Waals surface area contributed by atoms with E-state index in [-0.39, 0.29) is 5.54 Å². The summed E-state index contributed by atoms with van der Waals surface area (Å²) in [6, 6.07) is 15.4. The van der Waals surface area contributed by atoms with E-state index in [9.17, 15) is 0 Å². The Balaban J connectivity index is 2.12. The van der Waals surface area contributed by atoms with Crippen molar-refractivity contribution in [1.29, 1.82) is 0 Å².